The van der Waals surface area contributed by atoms with E-state index in [4.69, 9.17) is 0 Å². The number of carbonyl (C=O) groups is 1. The van der Waals surface area contributed by atoms with Crippen molar-refractivity contribution in [2.24, 2.45) is 11.8 Å². The summed E-state index contributed by atoms with van der Waals surface area (Å²) in [4.78, 5) is 14.3. The summed E-state index contributed by atoms with van der Waals surface area (Å²) in [5.41, 5.74) is 2.23. The van der Waals surface area contributed by atoms with Crippen LogP contribution in [0.1, 0.15) is 45.6 Å². The van der Waals surface area contributed by atoms with Gasteiger partial charge in [-0.3, -0.25) is 9.69 Å². The van der Waals surface area contributed by atoms with Crippen molar-refractivity contribution in [3.8, 4) is 0 Å². The van der Waals surface area contributed by atoms with Crippen molar-refractivity contribution < 1.29 is 4.79 Å². The first-order chi connectivity index (χ1) is 10.0. The van der Waals surface area contributed by atoms with Crippen LogP contribution in [0.15, 0.2) is 24.3 Å². The summed E-state index contributed by atoms with van der Waals surface area (Å²) >= 11 is 0. The van der Waals surface area contributed by atoms with Crippen LogP contribution in [0.4, 0.5) is 5.69 Å². The maximum Gasteiger partial charge on any atom is 0.224 e. The second kappa shape index (κ2) is 7.60. The van der Waals surface area contributed by atoms with E-state index in [1.54, 1.807) is 0 Å². The van der Waals surface area contributed by atoms with E-state index in [-0.39, 0.29) is 5.91 Å². The molecule has 1 fully saturated rings. The number of anilines is 1. The Bertz CT molecular complexity index is 445. The topological polar surface area (TPSA) is 32.3 Å². The largest absolute Gasteiger partial charge is 0.326 e. The number of nitrogens with zero attached hydrogens (tertiary/aromatic N) is 1. The van der Waals surface area contributed by atoms with Gasteiger partial charge in [0.05, 0.1) is 0 Å². The Balaban J connectivity index is 1.83. The lowest BCUT2D eigenvalue weighted by molar-refractivity contribution is -0.116. The lowest BCUT2D eigenvalue weighted by atomic mass is 9.99. The summed E-state index contributed by atoms with van der Waals surface area (Å²) in [5.74, 6) is 1.37. The average molecular weight is 288 g/mol. The summed E-state index contributed by atoms with van der Waals surface area (Å²) in [6.07, 6.45) is 3.19. The summed E-state index contributed by atoms with van der Waals surface area (Å²) in [5, 5.41) is 2.96. The Morgan fingerprint density at radius 1 is 1.24 bits per heavy atom. The Morgan fingerprint density at radius 3 is 2.43 bits per heavy atom. The predicted octanol–water partition coefficient (Wildman–Crippen LogP) is 3.90. The molecular formula is C18H28N2O. The van der Waals surface area contributed by atoms with Crippen molar-refractivity contribution in [1.29, 1.82) is 0 Å². The quantitative estimate of drug-likeness (QED) is 0.891. The Kier molecular flexibility index (Phi) is 5.80. The van der Waals surface area contributed by atoms with E-state index in [1.165, 1.54) is 31.5 Å². The minimum absolute atomic E-state index is 0.0998. The van der Waals surface area contributed by atoms with Crippen molar-refractivity contribution in [1.82, 2.24) is 4.90 Å². The van der Waals surface area contributed by atoms with E-state index >= 15 is 0 Å². The summed E-state index contributed by atoms with van der Waals surface area (Å²) < 4.78 is 0. The molecule has 1 aromatic rings. The standard InChI is InChI=1S/C18H28N2O/c1-14(2)12-18(21)19-17-6-4-16(5-7-17)13-20-10-8-15(3)9-11-20/h4-7,14-15H,8-13H2,1-3H3,(H,19,21). The SMILES string of the molecule is CC(C)CC(=O)Nc1ccc(CN2CCC(C)CC2)cc1. The third kappa shape index (κ3) is 5.50. The van der Waals surface area contributed by atoms with Gasteiger partial charge in [0.25, 0.3) is 0 Å². The summed E-state index contributed by atoms with van der Waals surface area (Å²) in [6.45, 7) is 9.88. The molecule has 1 aromatic carbocycles. The van der Waals surface area contributed by atoms with Crippen molar-refractivity contribution in [2.45, 2.75) is 46.6 Å². The number of piperidine rings is 1. The molecule has 0 radical (unpaired) electrons. The predicted molar refractivity (Wildman–Crippen MR) is 88.2 cm³/mol. The highest BCUT2D eigenvalue weighted by molar-refractivity contribution is 5.90. The number of benzene rings is 1. The molecule has 0 bridgehead atoms. The number of hydrogen-bond donors (Lipinski definition) is 1. The van der Waals surface area contributed by atoms with Gasteiger partial charge >= 0.3 is 0 Å². The molecule has 2 rings (SSSR count). The zero-order chi connectivity index (χ0) is 15.2. The summed E-state index contributed by atoms with van der Waals surface area (Å²) in [6, 6.07) is 8.28. The second-order valence-electron chi connectivity index (χ2n) is 6.80. The van der Waals surface area contributed by atoms with Gasteiger partial charge in [-0.05, 0) is 55.5 Å². The molecule has 0 aromatic heterocycles. The first-order valence-corrected chi connectivity index (χ1v) is 8.14. The Morgan fingerprint density at radius 2 is 1.86 bits per heavy atom. The van der Waals surface area contributed by atoms with Gasteiger partial charge in [-0.25, -0.2) is 0 Å². The van der Waals surface area contributed by atoms with Crippen LogP contribution in [0.5, 0.6) is 0 Å². The van der Waals surface area contributed by atoms with Gasteiger partial charge < -0.3 is 5.32 Å². The van der Waals surface area contributed by atoms with Crippen molar-refractivity contribution in [3.63, 3.8) is 0 Å². The van der Waals surface area contributed by atoms with E-state index in [0.717, 1.165) is 18.2 Å². The van der Waals surface area contributed by atoms with Crippen LogP contribution in [0.25, 0.3) is 0 Å². The smallest absolute Gasteiger partial charge is 0.224 e. The van der Waals surface area contributed by atoms with Gasteiger partial charge in [0, 0.05) is 18.7 Å². The molecule has 116 valence electrons. The van der Waals surface area contributed by atoms with E-state index in [1.807, 2.05) is 12.1 Å². The van der Waals surface area contributed by atoms with Crippen LogP contribution in [0.2, 0.25) is 0 Å². The van der Waals surface area contributed by atoms with Crippen molar-refractivity contribution in [2.75, 3.05) is 18.4 Å². The molecule has 0 spiro atoms. The van der Waals surface area contributed by atoms with E-state index in [0.29, 0.717) is 12.3 Å². The number of rotatable bonds is 5. The molecule has 3 heteroatoms. The highest BCUT2D eigenvalue weighted by Crippen LogP contribution is 2.19. The monoisotopic (exact) mass is 288 g/mol. The number of amides is 1. The van der Waals surface area contributed by atoms with Gasteiger partial charge in [0.15, 0.2) is 0 Å². The normalized spacial score (nSPS) is 17.1. The third-order valence-corrected chi connectivity index (χ3v) is 4.11. The highest BCUT2D eigenvalue weighted by atomic mass is 16.1. The molecule has 0 aliphatic carbocycles. The lowest BCUT2D eigenvalue weighted by Crippen LogP contribution is -2.32. The van der Waals surface area contributed by atoms with Crippen LogP contribution in [-0.2, 0) is 11.3 Å². The Labute approximate surface area is 128 Å². The van der Waals surface area contributed by atoms with Gasteiger partial charge in [0.1, 0.15) is 0 Å². The van der Waals surface area contributed by atoms with Crippen molar-refractivity contribution >= 4 is 11.6 Å². The van der Waals surface area contributed by atoms with Gasteiger partial charge in [-0.1, -0.05) is 32.9 Å². The third-order valence-electron chi connectivity index (χ3n) is 4.11. The Hall–Kier alpha value is -1.35. The average Bonchev–Trinajstić information content (AvgIpc) is 2.42. The molecule has 1 saturated heterocycles. The van der Waals surface area contributed by atoms with Gasteiger partial charge in [-0.15, -0.1) is 0 Å². The zero-order valence-electron chi connectivity index (χ0n) is 13.6. The fourth-order valence-electron chi connectivity index (χ4n) is 2.75. The van der Waals surface area contributed by atoms with Crippen LogP contribution < -0.4 is 5.32 Å². The van der Waals surface area contributed by atoms with Crippen LogP contribution >= 0.6 is 0 Å². The molecule has 1 N–H and O–H groups in total. The molecule has 21 heavy (non-hydrogen) atoms. The number of likely N-dealkylation sites (tertiary alicyclic amines) is 1. The minimum Gasteiger partial charge on any atom is -0.326 e. The molecule has 0 unspecified atom stereocenters. The molecule has 3 nitrogen and oxygen atoms in total. The fourth-order valence-corrected chi connectivity index (χ4v) is 2.75. The molecular weight excluding hydrogens is 260 g/mol. The zero-order valence-corrected chi connectivity index (χ0v) is 13.6. The molecule has 0 atom stereocenters. The number of nitrogens with one attached hydrogen (secondary N) is 1. The first kappa shape index (κ1) is 16.0. The van der Waals surface area contributed by atoms with E-state index in [2.05, 4.69) is 43.1 Å². The van der Waals surface area contributed by atoms with Gasteiger partial charge in [0.2, 0.25) is 5.91 Å². The van der Waals surface area contributed by atoms with Crippen LogP contribution in [0.3, 0.4) is 0 Å². The summed E-state index contributed by atoms with van der Waals surface area (Å²) in [7, 11) is 0. The van der Waals surface area contributed by atoms with E-state index in [9.17, 15) is 4.79 Å². The highest BCUT2D eigenvalue weighted by Gasteiger charge is 2.15. The first-order valence-electron chi connectivity index (χ1n) is 8.14. The lowest BCUT2D eigenvalue weighted by Gasteiger charge is -2.30. The number of hydrogen-bond acceptors (Lipinski definition) is 2. The van der Waals surface area contributed by atoms with Crippen LogP contribution in [-0.4, -0.2) is 23.9 Å². The molecule has 1 aliphatic rings. The molecule has 0 saturated carbocycles. The maximum absolute atomic E-state index is 11.7. The van der Waals surface area contributed by atoms with Crippen molar-refractivity contribution in [3.05, 3.63) is 29.8 Å². The maximum atomic E-state index is 11.7. The second-order valence-corrected chi connectivity index (χ2v) is 6.80. The number of carbonyl (C=O) groups excluding carboxylic acids is 1. The van der Waals surface area contributed by atoms with Crippen LogP contribution in [0, 0.1) is 11.8 Å². The molecule has 1 amide bonds. The molecule has 1 heterocycles. The van der Waals surface area contributed by atoms with Gasteiger partial charge in [-0.2, -0.15) is 0 Å². The fraction of sp³-hybridized carbons (Fsp3) is 0.611. The van der Waals surface area contributed by atoms with E-state index < -0.39 is 0 Å². The molecule has 1 aliphatic heterocycles. The minimum atomic E-state index is 0.0998.